The predicted octanol–water partition coefficient (Wildman–Crippen LogP) is 3.41. The summed E-state index contributed by atoms with van der Waals surface area (Å²) in [5, 5.41) is 10.5. The molecule has 2 aliphatic rings. The molecule has 0 amide bonds. The number of morpholine rings is 1. The summed E-state index contributed by atoms with van der Waals surface area (Å²) in [4.78, 5) is 14.6. The van der Waals surface area contributed by atoms with Gasteiger partial charge in [-0.15, -0.1) is 0 Å². The molecule has 0 spiro atoms. The molecule has 1 N–H and O–H groups in total. The second-order valence-electron chi connectivity index (χ2n) is 8.46. The van der Waals surface area contributed by atoms with Gasteiger partial charge in [-0.05, 0) is 52.8 Å². The maximum Gasteiger partial charge on any atom is 0.162 e. The van der Waals surface area contributed by atoms with Gasteiger partial charge in [0, 0.05) is 42.4 Å². The molecular weight excluding hydrogens is 392 g/mol. The minimum Gasteiger partial charge on any atom is -0.504 e. The average Bonchev–Trinajstić information content (AvgIpc) is 2.79. The molecule has 7 nitrogen and oxygen atoms in total. The van der Waals surface area contributed by atoms with Crippen molar-refractivity contribution in [1.82, 2.24) is 14.9 Å². The molecule has 2 aliphatic heterocycles. The number of rotatable bonds is 6. The number of piperidine rings is 1. The molecule has 0 aliphatic carbocycles. The molecule has 2 aromatic rings. The first-order chi connectivity index (χ1) is 15.1. The van der Waals surface area contributed by atoms with Crippen LogP contribution in [-0.4, -0.2) is 66.0 Å². The highest BCUT2D eigenvalue weighted by molar-refractivity contribution is 5.49. The normalized spacial score (nSPS) is 18.4. The molecule has 2 saturated heterocycles. The van der Waals surface area contributed by atoms with Gasteiger partial charge >= 0.3 is 0 Å². The van der Waals surface area contributed by atoms with E-state index < -0.39 is 0 Å². The Labute approximate surface area is 185 Å². The number of nitrogens with zero attached hydrogens (tertiary/aromatic N) is 4. The van der Waals surface area contributed by atoms with E-state index in [0.29, 0.717) is 18.3 Å². The van der Waals surface area contributed by atoms with Crippen LogP contribution >= 0.6 is 0 Å². The highest BCUT2D eigenvalue weighted by Crippen LogP contribution is 2.33. The highest BCUT2D eigenvalue weighted by Gasteiger charge is 2.26. The zero-order chi connectivity index (χ0) is 21.8. The molecule has 4 rings (SSSR count). The number of phenols is 1. The fourth-order valence-electron chi connectivity index (χ4n) is 4.46. The maximum atomic E-state index is 10.5. The van der Waals surface area contributed by atoms with Gasteiger partial charge in [-0.1, -0.05) is 12.1 Å². The first-order valence-corrected chi connectivity index (χ1v) is 11.4. The van der Waals surface area contributed by atoms with Crippen molar-refractivity contribution in [1.29, 1.82) is 0 Å². The monoisotopic (exact) mass is 426 g/mol. The lowest BCUT2D eigenvalue weighted by Gasteiger charge is -2.33. The van der Waals surface area contributed by atoms with Crippen molar-refractivity contribution in [3.63, 3.8) is 0 Å². The van der Waals surface area contributed by atoms with Gasteiger partial charge in [0.2, 0.25) is 0 Å². The van der Waals surface area contributed by atoms with Crippen molar-refractivity contribution < 1.29 is 14.6 Å². The van der Waals surface area contributed by atoms with Gasteiger partial charge in [0.25, 0.3) is 0 Å². The number of hydrogen-bond donors (Lipinski definition) is 1. The summed E-state index contributed by atoms with van der Waals surface area (Å²) >= 11 is 0. The summed E-state index contributed by atoms with van der Waals surface area (Å²) in [6.07, 6.45) is 2.05. The van der Waals surface area contributed by atoms with Gasteiger partial charge in [0.05, 0.1) is 19.8 Å². The van der Waals surface area contributed by atoms with E-state index in [1.807, 2.05) is 25.1 Å². The quantitative estimate of drug-likeness (QED) is 0.759. The minimum atomic E-state index is 0.263. The lowest BCUT2D eigenvalue weighted by Crippen LogP contribution is -2.38. The van der Waals surface area contributed by atoms with Crippen molar-refractivity contribution in [3.05, 3.63) is 40.8 Å². The third-order valence-corrected chi connectivity index (χ3v) is 6.42. The first-order valence-electron chi connectivity index (χ1n) is 11.4. The van der Waals surface area contributed by atoms with E-state index in [-0.39, 0.29) is 5.75 Å². The minimum absolute atomic E-state index is 0.263. The van der Waals surface area contributed by atoms with Gasteiger partial charge in [-0.2, -0.15) is 0 Å². The smallest absolute Gasteiger partial charge is 0.162 e. The molecule has 0 radical (unpaired) electrons. The zero-order valence-corrected chi connectivity index (χ0v) is 18.9. The first kappa shape index (κ1) is 21.8. The van der Waals surface area contributed by atoms with Crippen LogP contribution in [0, 0.1) is 13.8 Å². The Morgan fingerprint density at radius 3 is 2.55 bits per heavy atom. The van der Waals surface area contributed by atoms with Gasteiger partial charge in [0.1, 0.15) is 11.6 Å². The van der Waals surface area contributed by atoms with Crippen molar-refractivity contribution in [3.8, 4) is 11.5 Å². The molecule has 0 atom stereocenters. The zero-order valence-electron chi connectivity index (χ0n) is 18.9. The Morgan fingerprint density at radius 2 is 1.84 bits per heavy atom. The second-order valence-corrected chi connectivity index (χ2v) is 8.46. The number of para-hydroxylation sites is 1. The summed E-state index contributed by atoms with van der Waals surface area (Å²) < 4.78 is 11.0. The molecule has 7 heteroatoms. The van der Waals surface area contributed by atoms with E-state index in [9.17, 15) is 5.11 Å². The average molecular weight is 427 g/mol. The van der Waals surface area contributed by atoms with Crippen LogP contribution in [0.3, 0.4) is 0 Å². The number of likely N-dealkylation sites (tertiary alicyclic amines) is 1. The molecule has 0 unspecified atom stereocenters. The van der Waals surface area contributed by atoms with Crippen LogP contribution in [0.4, 0.5) is 5.82 Å². The molecule has 0 bridgehead atoms. The van der Waals surface area contributed by atoms with E-state index in [2.05, 4.69) is 23.6 Å². The predicted molar refractivity (Wildman–Crippen MR) is 121 cm³/mol. The fraction of sp³-hybridized carbons (Fsp3) is 0.583. The second kappa shape index (κ2) is 9.83. The lowest BCUT2D eigenvalue weighted by molar-refractivity contribution is 0.122. The number of anilines is 1. The number of ether oxygens (including phenoxy) is 2. The molecule has 1 aromatic heterocycles. The topological polar surface area (TPSA) is 71.0 Å². The Kier molecular flexibility index (Phi) is 6.92. The van der Waals surface area contributed by atoms with Gasteiger partial charge in [-0.3, -0.25) is 4.90 Å². The third kappa shape index (κ3) is 4.93. The van der Waals surface area contributed by atoms with Crippen molar-refractivity contribution >= 4 is 5.82 Å². The number of aryl methyl sites for hydroxylation is 1. The maximum absolute atomic E-state index is 10.5. The van der Waals surface area contributed by atoms with E-state index in [4.69, 9.17) is 19.4 Å². The standard InChI is InChI=1S/C24H34N4O3/c1-4-31-21-7-5-6-20(22(21)29)16-27-10-8-19(9-11-27)23-25-18(3)17(2)24(26-23)28-12-14-30-15-13-28/h5-7,19,29H,4,8-16H2,1-3H3. The number of benzene rings is 1. The highest BCUT2D eigenvalue weighted by atomic mass is 16.5. The summed E-state index contributed by atoms with van der Waals surface area (Å²) in [6.45, 7) is 12.6. The summed E-state index contributed by atoms with van der Waals surface area (Å²) in [5.74, 6) is 3.25. The van der Waals surface area contributed by atoms with Gasteiger partial charge in [-0.25, -0.2) is 9.97 Å². The third-order valence-electron chi connectivity index (χ3n) is 6.42. The van der Waals surface area contributed by atoms with Crippen molar-refractivity contribution in [2.24, 2.45) is 0 Å². The van der Waals surface area contributed by atoms with E-state index in [0.717, 1.165) is 81.7 Å². The number of aromatic nitrogens is 2. The van der Waals surface area contributed by atoms with Crippen LogP contribution in [0.2, 0.25) is 0 Å². The van der Waals surface area contributed by atoms with E-state index in [1.54, 1.807) is 0 Å². The largest absolute Gasteiger partial charge is 0.504 e. The summed E-state index contributed by atoms with van der Waals surface area (Å²) in [7, 11) is 0. The molecule has 1 aromatic carbocycles. The van der Waals surface area contributed by atoms with Crippen molar-refractivity contribution in [2.45, 2.75) is 46.1 Å². The fourth-order valence-corrected chi connectivity index (χ4v) is 4.46. The summed E-state index contributed by atoms with van der Waals surface area (Å²) in [5.41, 5.74) is 3.17. The molecule has 2 fully saturated rings. The Morgan fingerprint density at radius 1 is 1.10 bits per heavy atom. The molecular formula is C24H34N4O3. The SMILES string of the molecule is CCOc1cccc(CN2CCC(c3nc(C)c(C)c(N4CCOCC4)n3)CC2)c1O. The van der Waals surface area contributed by atoms with Crippen LogP contribution in [0.15, 0.2) is 18.2 Å². The van der Waals surface area contributed by atoms with Gasteiger partial charge in [0.15, 0.2) is 11.5 Å². The summed E-state index contributed by atoms with van der Waals surface area (Å²) in [6, 6.07) is 5.74. The van der Waals surface area contributed by atoms with Crippen molar-refractivity contribution in [2.75, 3.05) is 50.9 Å². The lowest BCUT2D eigenvalue weighted by atomic mass is 9.95. The molecule has 168 valence electrons. The molecule has 0 saturated carbocycles. The van der Waals surface area contributed by atoms with Crippen LogP contribution < -0.4 is 9.64 Å². The number of phenolic OH excluding ortho intramolecular Hbond substituents is 1. The van der Waals surface area contributed by atoms with Crippen LogP contribution in [-0.2, 0) is 11.3 Å². The molecule has 3 heterocycles. The van der Waals surface area contributed by atoms with Crippen LogP contribution in [0.1, 0.15) is 48.3 Å². The Balaban J connectivity index is 1.42. The van der Waals surface area contributed by atoms with E-state index >= 15 is 0 Å². The van der Waals surface area contributed by atoms with Crippen LogP contribution in [0.25, 0.3) is 0 Å². The van der Waals surface area contributed by atoms with Gasteiger partial charge < -0.3 is 19.5 Å². The molecule has 31 heavy (non-hydrogen) atoms. The number of hydrogen-bond acceptors (Lipinski definition) is 7. The Bertz CT molecular complexity index is 891. The van der Waals surface area contributed by atoms with E-state index in [1.165, 1.54) is 5.56 Å². The Hall–Kier alpha value is -2.38. The van der Waals surface area contributed by atoms with Crippen LogP contribution in [0.5, 0.6) is 11.5 Å². The number of aromatic hydroxyl groups is 1.